The van der Waals surface area contributed by atoms with Crippen LogP contribution in [0.3, 0.4) is 0 Å². The quantitative estimate of drug-likeness (QED) is 0.876. The number of hydrogen-bond donors (Lipinski definition) is 2. The third kappa shape index (κ3) is 3.55. The summed E-state index contributed by atoms with van der Waals surface area (Å²) in [7, 11) is 0. The highest BCUT2D eigenvalue weighted by molar-refractivity contribution is 6.34. The Morgan fingerprint density at radius 3 is 2.70 bits per heavy atom. The Hall–Kier alpha value is -1.46. The SMILES string of the molecule is CCCC[C@H](N)C(=O)Nc1cc2c(cc1Cl)OCCO2. The molecule has 110 valence electrons. The second kappa shape index (κ2) is 6.81. The van der Waals surface area contributed by atoms with Crippen molar-refractivity contribution in [1.29, 1.82) is 0 Å². The van der Waals surface area contributed by atoms with Crippen LogP contribution in [0.4, 0.5) is 5.69 Å². The fraction of sp³-hybridized carbons (Fsp3) is 0.500. The van der Waals surface area contributed by atoms with Crippen LogP contribution in [0.2, 0.25) is 5.02 Å². The molecule has 0 saturated carbocycles. The fourth-order valence-electron chi connectivity index (χ4n) is 1.94. The van der Waals surface area contributed by atoms with Crippen molar-refractivity contribution in [1.82, 2.24) is 0 Å². The van der Waals surface area contributed by atoms with E-state index in [1.165, 1.54) is 0 Å². The first-order valence-corrected chi connectivity index (χ1v) is 7.15. The zero-order valence-corrected chi connectivity index (χ0v) is 12.2. The van der Waals surface area contributed by atoms with Crippen LogP contribution < -0.4 is 20.5 Å². The maximum absolute atomic E-state index is 12.0. The molecule has 0 saturated heterocycles. The molecule has 1 atom stereocenters. The summed E-state index contributed by atoms with van der Waals surface area (Å²) in [6.07, 6.45) is 2.58. The molecule has 0 fully saturated rings. The van der Waals surface area contributed by atoms with E-state index in [0.29, 0.717) is 41.8 Å². The number of fused-ring (bicyclic) bond motifs is 1. The largest absolute Gasteiger partial charge is 0.486 e. The first-order chi connectivity index (χ1) is 9.61. The average molecular weight is 299 g/mol. The van der Waals surface area contributed by atoms with Crippen molar-refractivity contribution in [2.24, 2.45) is 5.73 Å². The van der Waals surface area contributed by atoms with Gasteiger partial charge in [0, 0.05) is 12.1 Å². The number of carbonyl (C=O) groups is 1. The number of nitrogens with two attached hydrogens (primary N) is 1. The number of rotatable bonds is 5. The number of amides is 1. The summed E-state index contributed by atoms with van der Waals surface area (Å²) in [6, 6.07) is 2.78. The van der Waals surface area contributed by atoms with E-state index in [1.54, 1.807) is 12.1 Å². The summed E-state index contributed by atoms with van der Waals surface area (Å²) >= 11 is 6.12. The minimum atomic E-state index is -0.529. The summed E-state index contributed by atoms with van der Waals surface area (Å²) in [5.41, 5.74) is 6.32. The van der Waals surface area contributed by atoms with Crippen molar-refractivity contribution in [3.63, 3.8) is 0 Å². The van der Waals surface area contributed by atoms with E-state index in [9.17, 15) is 4.79 Å². The third-order valence-corrected chi connectivity index (χ3v) is 3.41. The highest BCUT2D eigenvalue weighted by atomic mass is 35.5. The number of benzene rings is 1. The maximum Gasteiger partial charge on any atom is 0.241 e. The molecule has 0 aromatic heterocycles. The Bertz CT molecular complexity index is 494. The van der Waals surface area contributed by atoms with E-state index in [4.69, 9.17) is 26.8 Å². The lowest BCUT2D eigenvalue weighted by molar-refractivity contribution is -0.117. The van der Waals surface area contributed by atoms with Gasteiger partial charge in [-0.25, -0.2) is 0 Å². The molecule has 1 aromatic carbocycles. The van der Waals surface area contributed by atoms with Crippen LogP contribution in [0.15, 0.2) is 12.1 Å². The lowest BCUT2D eigenvalue weighted by Gasteiger charge is -2.20. The van der Waals surface area contributed by atoms with Crippen molar-refractivity contribution >= 4 is 23.2 Å². The Morgan fingerprint density at radius 1 is 1.40 bits per heavy atom. The van der Waals surface area contributed by atoms with Gasteiger partial charge in [0.1, 0.15) is 13.2 Å². The van der Waals surface area contributed by atoms with Crippen LogP contribution in [-0.4, -0.2) is 25.2 Å². The van der Waals surface area contributed by atoms with Gasteiger partial charge in [-0.1, -0.05) is 31.4 Å². The second-order valence-electron chi connectivity index (χ2n) is 4.71. The Labute approximate surface area is 123 Å². The molecule has 6 heteroatoms. The molecule has 0 radical (unpaired) electrons. The van der Waals surface area contributed by atoms with Crippen LogP contribution >= 0.6 is 11.6 Å². The molecular formula is C14H19ClN2O3. The first-order valence-electron chi connectivity index (χ1n) is 6.77. The smallest absolute Gasteiger partial charge is 0.241 e. The number of ether oxygens (including phenoxy) is 2. The first kappa shape index (κ1) is 14.9. The summed E-state index contributed by atoms with van der Waals surface area (Å²) in [5.74, 6) is 0.935. The van der Waals surface area contributed by atoms with Gasteiger partial charge in [-0.2, -0.15) is 0 Å². The number of carbonyl (C=O) groups excluding carboxylic acids is 1. The Kier molecular flexibility index (Phi) is 5.09. The van der Waals surface area contributed by atoms with Gasteiger partial charge in [-0.05, 0) is 6.42 Å². The molecule has 0 aliphatic carbocycles. The standard InChI is InChI=1S/C14H19ClN2O3/c1-2-3-4-10(16)14(18)17-11-8-13-12(7-9(11)15)19-5-6-20-13/h7-8,10H,2-6,16H2,1H3,(H,17,18)/t10-/m0/s1. The van der Waals surface area contributed by atoms with Crippen molar-refractivity contribution in [2.45, 2.75) is 32.2 Å². The summed E-state index contributed by atoms with van der Waals surface area (Å²) in [4.78, 5) is 12.0. The molecule has 5 nitrogen and oxygen atoms in total. The zero-order valence-electron chi connectivity index (χ0n) is 11.4. The third-order valence-electron chi connectivity index (χ3n) is 3.10. The van der Waals surface area contributed by atoms with Gasteiger partial charge in [0.15, 0.2) is 11.5 Å². The van der Waals surface area contributed by atoms with Crippen LogP contribution in [0.5, 0.6) is 11.5 Å². The average Bonchev–Trinajstić information content (AvgIpc) is 2.45. The van der Waals surface area contributed by atoms with Gasteiger partial charge in [-0.15, -0.1) is 0 Å². The van der Waals surface area contributed by atoms with E-state index in [2.05, 4.69) is 12.2 Å². The van der Waals surface area contributed by atoms with Gasteiger partial charge < -0.3 is 20.5 Å². The monoisotopic (exact) mass is 298 g/mol. The Balaban J connectivity index is 2.07. The summed E-state index contributed by atoms with van der Waals surface area (Å²) < 4.78 is 10.9. The molecule has 1 aliphatic rings. The zero-order chi connectivity index (χ0) is 14.5. The predicted molar refractivity (Wildman–Crippen MR) is 78.6 cm³/mol. The number of unbranched alkanes of at least 4 members (excludes halogenated alkanes) is 1. The van der Waals surface area contributed by atoms with Crippen molar-refractivity contribution in [3.05, 3.63) is 17.2 Å². The normalized spacial score (nSPS) is 14.8. The topological polar surface area (TPSA) is 73.6 Å². The number of halogens is 1. The van der Waals surface area contributed by atoms with Crippen LogP contribution in [0.25, 0.3) is 0 Å². The van der Waals surface area contributed by atoms with Gasteiger partial charge in [0.05, 0.1) is 16.8 Å². The lowest BCUT2D eigenvalue weighted by Crippen LogP contribution is -2.35. The van der Waals surface area contributed by atoms with E-state index in [-0.39, 0.29) is 5.91 Å². The molecule has 1 amide bonds. The van der Waals surface area contributed by atoms with Gasteiger partial charge >= 0.3 is 0 Å². The molecule has 2 rings (SSSR count). The van der Waals surface area contributed by atoms with Gasteiger partial charge in [0.25, 0.3) is 0 Å². The molecule has 20 heavy (non-hydrogen) atoms. The summed E-state index contributed by atoms with van der Waals surface area (Å²) in [6.45, 7) is 3.04. The van der Waals surface area contributed by atoms with Gasteiger partial charge in [-0.3, -0.25) is 4.79 Å². The second-order valence-corrected chi connectivity index (χ2v) is 5.12. The molecule has 0 unspecified atom stereocenters. The molecular weight excluding hydrogens is 280 g/mol. The van der Waals surface area contributed by atoms with Crippen molar-refractivity contribution < 1.29 is 14.3 Å². The van der Waals surface area contributed by atoms with Crippen molar-refractivity contribution in [2.75, 3.05) is 18.5 Å². The number of hydrogen-bond acceptors (Lipinski definition) is 4. The molecule has 3 N–H and O–H groups in total. The molecule has 0 spiro atoms. The number of nitrogens with one attached hydrogen (secondary N) is 1. The molecule has 1 heterocycles. The number of anilines is 1. The van der Waals surface area contributed by atoms with Crippen LogP contribution in [0.1, 0.15) is 26.2 Å². The van der Waals surface area contributed by atoms with E-state index in [0.717, 1.165) is 12.8 Å². The van der Waals surface area contributed by atoms with Crippen LogP contribution in [0, 0.1) is 0 Å². The summed E-state index contributed by atoms with van der Waals surface area (Å²) in [5, 5.41) is 3.15. The lowest BCUT2D eigenvalue weighted by atomic mass is 10.1. The predicted octanol–water partition coefficient (Wildman–Crippen LogP) is 2.57. The minimum Gasteiger partial charge on any atom is -0.486 e. The fourth-order valence-corrected chi connectivity index (χ4v) is 2.14. The minimum absolute atomic E-state index is 0.239. The molecule has 1 aromatic rings. The molecule has 0 bridgehead atoms. The highest BCUT2D eigenvalue weighted by Crippen LogP contribution is 2.37. The van der Waals surface area contributed by atoms with E-state index >= 15 is 0 Å². The van der Waals surface area contributed by atoms with E-state index in [1.807, 2.05) is 0 Å². The van der Waals surface area contributed by atoms with Crippen molar-refractivity contribution in [3.8, 4) is 11.5 Å². The Morgan fingerprint density at radius 2 is 2.05 bits per heavy atom. The maximum atomic E-state index is 12.0. The van der Waals surface area contributed by atoms with E-state index < -0.39 is 6.04 Å². The van der Waals surface area contributed by atoms with Gasteiger partial charge in [0.2, 0.25) is 5.91 Å². The highest BCUT2D eigenvalue weighted by Gasteiger charge is 2.18. The molecule has 1 aliphatic heterocycles. The van der Waals surface area contributed by atoms with Crippen LogP contribution in [-0.2, 0) is 4.79 Å².